The van der Waals surface area contributed by atoms with Crippen LogP contribution in [0.15, 0.2) is 64.6 Å². The fraction of sp³-hybridized carbons (Fsp3) is 0.130. The van der Waals surface area contributed by atoms with Gasteiger partial charge in [-0.05, 0) is 68.0 Å². The number of carbonyl (C=O) groups is 1. The Hall–Kier alpha value is -3.31. The maximum absolute atomic E-state index is 13.2. The summed E-state index contributed by atoms with van der Waals surface area (Å²) in [6.45, 7) is 3.73. The molecule has 0 aliphatic heterocycles. The van der Waals surface area contributed by atoms with Crippen molar-refractivity contribution in [1.82, 2.24) is 4.57 Å². The minimum Gasteiger partial charge on any atom is -0.321 e. The highest BCUT2D eigenvalue weighted by molar-refractivity contribution is 9.10. The Morgan fingerprint density at radius 3 is 2.39 bits per heavy atom. The van der Waals surface area contributed by atoms with Gasteiger partial charge in [0, 0.05) is 21.5 Å². The van der Waals surface area contributed by atoms with E-state index in [9.17, 15) is 23.2 Å². The van der Waals surface area contributed by atoms with Crippen LogP contribution in [0.2, 0.25) is 0 Å². The predicted octanol–water partition coefficient (Wildman–Crippen LogP) is 6.42. The molecule has 0 spiro atoms. The third-order valence-corrected chi connectivity index (χ3v) is 5.23. The fourth-order valence-corrected chi connectivity index (χ4v) is 3.52. The number of nitriles is 1. The molecule has 31 heavy (non-hydrogen) atoms. The van der Waals surface area contributed by atoms with Gasteiger partial charge in [-0.1, -0.05) is 28.1 Å². The summed E-state index contributed by atoms with van der Waals surface area (Å²) >= 11 is 3.39. The van der Waals surface area contributed by atoms with E-state index in [2.05, 4.69) is 21.2 Å². The first-order valence-corrected chi connectivity index (χ1v) is 9.95. The standard InChI is InChI=1S/C23H17BrF3N3O/c1-14-11-16(15(2)30(14)19-9-7-18(24)8-10-19)12-17(13-28)22(31)29-21-6-4-3-5-20(21)23(25,26)27/h3-12H,1-2H3,(H,29,31). The average molecular weight is 488 g/mol. The van der Waals surface area contributed by atoms with E-state index in [1.165, 1.54) is 18.2 Å². The number of para-hydroxylation sites is 1. The summed E-state index contributed by atoms with van der Waals surface area (Å²) in [4.78, 5) is 12.6. The topological polar surface area (TPSA) is 57.8 Å². The van der Waals surface area contributed by atoms with E-state index < -0.39 is 23.3 Å². The number of hydrogen-bond acceptors (Lipinski definition) is 2. The number of aromatic nitrogens is 1. The second kappa shape index (κ2) is 8.82. The zero-order valence-corrected chi connectivity index (χ0v) is 18.2. The second-order valence-corrected chi connectivity index (χ2v) is 7.72. The van der Waals surface area contributed by atoms with Crippen molar-refractivity contribution in [3.63, 3.8) is 0 Å². The molecular weight excluding hydrogens is 471 g/mol. The van der Waals surface area contributed by atoms with Crippen molar-refractivity contribution in [2.24, 2.45) is 0 Å². The van der Waals surface area contributed by atoms with E-state index in [4.69, 9.17) is 0 Å². The van der Waals surface area contributed by atoms with Gasteiger partial charge in [-0.15, -0.1) is 0 Å². The van der Waals surface area contributed by atoms with Gasteiger partial charge >= 0.3 is 6.18 Å². The largest absolute Gasteiger partial charge is 0.418 e. The smallest absolute Gasteiger partial charge is 0.321 e. The van der Waals surface area contributed by atoms with E-state index in [-0.39, 0.29) is 5.57 Å². The molecule has 1 amide bonds. The van der Waals surface area contributed by atoms with Gasteiger partial charge in [0.05, 0.1) is 11.3 Å². The van der Waals surface area contributed by atoms with E-state index in [1.807, 2.05) is 48.7 Å². The van der Waals surface area contributed by atoms with Gasteiger partial charge in [0.25, 0.3) is 5.91 Å². The van der Waals surface area contributed by atoms with Crippen LogP contribution in [0, 0.1) is 25.2 Å². The molecule has 3 rings (SSSR count). The molecule has 8 heteroatoms. The molecule has 0 atom stereocenters. The van der Waals surface area contributed by atoms with Crippen LogP contribution < -0.4 is 5.32 Å². The molecule has 1 heterocycles. The maximum Gasteiger partial charge on any atom is 0.418 e. The molecule has 0 unspecified atom stereocenters. The normalized spacial score (nSPS) is 11.8. The van der Waals surface area contributed by atoms with Crippen LogP contribution in [0.4, 0.5) is 18.9 Å². The van der Waals surface area contributed by atoms with Gasteiger partial charge in [0.1, 0.15) is 11.6 Å². The minimum absolute atomic E-state index is 0.298. The first kappa shape index (κ1) is 22.4. The molecule has 0 aliphatic carbocycles. The van der Waals surface area contributed by atoms with E-state index in [0.29, 0.717) is 5.56 Å². The zero-order valence-electron chi connectivity index (χ0n) is 16.6. The first-order chi connectivity index (χ1) is 14.6. The third kappa shape index (κ3) is 4.89. The maximum atomic E-state index is 13.2. The Bertz CT molecular complexity index is 1200. The van der Waals surface area contributed by atoms with Crippen molar-refractivity contribution in [3.05, 3.63) is 87.2 Å². The molecule has 0 bridgehead atoms. The van der Waals surface area contributed by atoms with Crippen LogP contribution >= 0.6 is 15.9 Å². The molecule has 0 aliphatic rings. The molecule has 158 valence electrons. The number of halogens is 4. The number of amides is 1. The molecule has 0 saturated heterocycles. The highest BCUT2D eigenvalue weighted by atomic mass is 79.9. The molecule has 0 fully saturated rings. The Morgan fingerprint density at radius 2 is 1.77 bits per heavy atom. The number of nitrogens with one attached hydrogen (secondary N) is 1. The predicted molar refractivity (Wildman–Crippen MR) is 117 cm³/mol. The van der Waals surface area contributed by atoms with Crippen LogP contribution in [0.3, 0.4) is 0 Å². The molecule has 1 N–H and O–H groups in total. The Morgan fingerprint density at radius 1 is 1.13 bits per heavy atom. The van der Waals surface area contributed by atoms with Gasteiger partial charge in [0.15, 0.2) is 0 Å². The average Bonchev–Trinajstić information content (AvgIpc) is 2.99. The molecule has 1 aromatic heterocycles. The van der Waals surface area contributed by atoms with Crippen molar-refractivity contribution in [3.8, 4) is 11.8 Å². The van der Waals surface area contributed by atoms with Gasteiger partial charge < -0.3 is 9.88 Å². The van der Waals surface area contributed by atoms with E-state index in [1.54, 1.807) is 6.07 Å². The molecule has 2 aromatic carbocycles. The lowest BCUT2D eigenvalue weighted by atomic mass is 10.1. The summed E-state index contributed by atoms with van der Waals surface area (Å²) in [7, 11) is 0. The zero-order chi connectivity index (χ0) is 22.8. The monoisotopic (exact) mass is 487 g/mol. The number of anilines is 1. The lowest BCUT2D eigenvalue weighted by Gasteiger charge is -2.13. The van der Waals surface area contributed by atoms with Crippen molar-refractivity contribution < 1.29 is 18.0 Å². The van der Waals surface area contributed by atoms with E-state index >= 15 is 0 Å². The Balaban J connectivity index is 1.95. The third-order valence-electron chi connectivity index (χ3n) is 4.70. The molecular formula is C23H17BrF3N3O. The second-order valence-electron chi connectivity index (χ2n) is 6.81. The van der Waals surface area contributed by atoms with Crippen LogP contribution in [0.25, 0.3) is 11.8 Å². The number of benzene rings is 2. The number of hydrogen-bond donors (Lipinski definition) is 1. The highest BCUT2D eigenvalue weighted by Gasteiger charge is 2.33. The Labute approximate surface area is 185 Å². The van der Waals surface area contributed by atoms with Gasteiger partial charge in [0.2, 0.25) is 0 Å². The summed E-state index contributed by atoms with van der Waals surface area (Å²) < 4.78 is 42.4. The number of nitrogens with zero attached hydrogens (tertiary/aromatic N) is 2. The van der Waals surface area contributed by atoms with Gasteiger partial charge in [-0.25, -0.2) is 0 Å². The van der Waals surface area contributed by atoms with Crippen molar-refractivity contribution in [2.45, 2.75) is 20.0 Å². The van der Waals surface area contributed by atoms with Gasteiger partial charge in [-0.2, -0.15) is 18.4 Å². The summed E-state index contributed by atoms with van der Waals surface area (Å²) in [5.74, 6) is -0.910. The number of rotatable bonds is 4. The molecule has 3 aromatic rings. The summed E-state index contributed by atoms with van der Waals surface area (Å²) in [5.41, 5.74) is 1.52. The number of aryl methyl sites for hydroxylation is 1. The SMILES string of the molecule is Cc1cc(C=C(C#N)C(=O)Nc2ccccc2C(F)(F)F)c(C)n1-c1ccc(Br)cc1. The Kier molecular flexibility index (Phi) is 6.37. The van der Waals surface area contributed by atoms with E-state index in [0.717, 1.165) is 33.7 Å². The number of carbonyl (C=O) groups excluding carboxylic acids is 1. The van der Waals surface area contributed by atoms with Crippen LogP contribution in [0.1, 0.15) is 22.5 Å². The number of alkyl halides is 3. The first-order valence-electron chi connectivity index (χ1n) is 9.16. The minimum atomic E-state index is -4.63. The van der Waals surface area contributed by atoms with Crippen LogP contribution in [0.5, 0.6) is 0 Å². The van der Waals surface area contributed by atoms with Crippen LogP contribution in [-0.2, 0) is 11.0 Å². The molecule has 4 nitrogen and oxygen atoms in total. The summed E-state index contributed by atoms with van der Waals surface area (Å²) in [6.07, 6.45) is -3.25. The van der Waals surface area contributed by atoms with Gasteiger partial charge in [-0.3, -0.25) is 4.79 Å². The van der Waals surface area contributed by atoms with Crippen molar-refractivity contribution in [2.75, 3.05) is 5.32 Å². The summed E-state index contributed by atoms with van der Waals surface area (Å²) in [5, 5.41) is 11.7. The molecule has 0 radical (unpaired) electrons. The quantitative estimate of drug-likeness (QED) is 0.340. The van der Waals surface area contributed by atoms with Crippen molar-refractivity contribution >= 4 is 33.6 Å². The summed E-state index contributed by atoms with van der Waals surface area (Å²) in [6, 6.07) is 15.9. The van der Waals surface area contributed by atoms with Crippen molar-refractivity contribution in [1.29, 1.82) is 5.26 Å². The lowest BCUT2D eigenvalue weighted by Crippen LogP contribution is -2.17. The van der Waals surface area contributed by atoms with Crippen LogP contribution in [-0.4, -0.2) is 10.5 Å². The highest BCUT2D eigenvalue weighted by Crippen LogP contribution is 2.34. The fourth-order valence-electron chi connectivity index (χ4n) is 3.25. The molecule has 0 saturated carbocycles. The lowest BCUT2D eigenvalue weighted by molar-refractivity contribution is -0.137.